The van der Waals surface area contributed by atoms with E-state index >= 15 is 0 Å². The Morgan fingerprint density at radius 1 is 1.14 bits per heavy atom. The van der Waals surface area contributed by atoms with Gasteiger partial charge in [0.2, 0.25) is 11.8 Å². The number of nitrogens with zero attached hydrogens (tertiary/aromatic N) is 2. The van der Waals surface area contributed by atoms with Crippen LogP contribution in [0.5, 0.6) is 11.5 Å². The van der Waals surface area contributed by atoms with Crippen molar-refractivity contribution in [2.24, 2.45) is 5.92 Å². The van der Waals surface area contributed by atoms with E-state index in [0.29, 0.717) is 17.3 Å². The number of pyridine rings is 1. The number of hydrogen-bond donors (Lipinski definition) is 1. The summed E-state index contributed by atoms with van der Waals surface area (Å²) < 4.78 is 6.33. The highest BCUT2D eigenvalue weighted by Gasteiger charge is 2.29. The molecule has 0 spiro atoms. The number of anilines is 2. The van der Waals surface area contributed by atoms with E-state index in [1.807, 2.05) is 41.5 Å². The molecule has 0 radical (unpaired) electrons. The first-order valence-corrected chi connectivity index (χ1v) is 9.47. The smallest absolute Gasteiger partial charge is 0.232 e. The lowest BCUT2D eigenvalue weighted by atomic mass is 9.96. The summed E-state index contributed by atoms with van der Waals surface area (Å²) in [5, 5.41) is 3.04. The van der Waals surface area contributed by atoms with Gasteiger partial charge in [-0.15, -0.1) is 0 Å². The van der Waals surface area contributed by atoms with Gasteiger partial charge in [0, 0.05) is 30.3 Å². The first kappa shape index (κ1) is 19.9. The van der Waals surface area contributed by atoms with Gasteiger partial charge in [0.25, 0.3) is 0 Å². The van der Waals surface area contributed by atoms with Crippen LogP contribution < -0.4 is 15.0 Å². The molecule has 1 N–H and O–H groups in total. The predicted octanol–water partition coefficient (Wildman–Crippen LogP) is 4.22. The second-order valence-electron chi connectivity index (χ2n) is 7.69. The maximum absolute atomic E-state index is 12.3. The lowest BCUT2D eigenvalue weighted by molar-refractivity contribution is -0.119. The zero-order valence-electron chi connectivity index (χ0n) is 17.6. The van der Waals surface area contributed by atoms with E-state index in [2.05, 4.69) is 10.3 Å². The highest BCUT2D eigenvalue weighted by Crippen LogP contribution is 2.41. The fourth-order valence-electron chi connectivity index (χ4n) is 3.44. The molecule has 1 aliphatic rings. The van der Waals surface area contributed by atoms with Gasteiger partial charge in [-0.3, -0.25) is 14.5 Å². The predicted molar refractivity (Wildman–Crippen MR) is 110 cm³/mol. The van der Waals surface area contributed by atoms with E-state index in [9.17, 15) is 9.59 Å². The molecule has 0 unspecified atom stereocenters. The number of hydrogen-bond acceptors (Lipinski definition) is 4. The summed E-state index contributed by atoms with van der Waals surface area (Å²) in [6.07, 6.45) is 1.92. The first-order chi connectivity index (χ1) is 13.1. The van der Waals surface area contributed by atoms with Crippen LogP contribution in [0.2, 0.25) is 0 Å². The standard InChI is InChI=1S/C22H27N3O3/c1-11(2)22(27)24-19-13(4)12(3)14(5)20(15(19)6)28-17-8-9-23-21-16(17)10-18(26)25(21)7/h8-9,11H,10H2,1-7H3,(H,24,27). The molecule has 2 heterocycles. The third kappa shape index (κ3) is 3.23. The number of nitrogens with one attached hydrogen (secondary N) is 1. The van der Waals surface area contributed by atoms with E-state index in [0.717, 1.165) is 33.5 Å². The van der Waals surface area contributed by atoms with Gasteiger partial charge in [0.1, 0.15) is 17.3 Å². The highest BCUT2D eigenvalue weighted by molar-refractivity contribution is 6.00. The summed E-state index contributed by atoms with van der Waals surface area (Å²) in [4.78, 5) is 30.3. The maximum Gasteiger partial charge on any atom is 0.232 e. The van der Waals surface area contributed by atoms with E-state index in [1.165, 1.54) is 0 Å². The van der Waals surface area contributed by atoms with Crippen LogP contribution in [-0.2, 0) is 16.0 Å². The van der Waals surface area contributed by atoms with Crippen LogP contribution >= 0.6 is 0 Å². The Balaban J connectivity index is 2.08. The Hall–Kier alpha value is -2.89. The molecule has 1 aromatic heterocycles. The Morgan fingerprint density at radius 2 is 1.82 bits per heavy atom. The van der Waals surface area contributed by atoms with Gasteiger partial charge in [0.05, 0.1) is 12.1 Å². The normalized spacial score (nSPS) is 13.1. The summed E-state index contributed by atoms with van der Waals surface area (Å²) >= 11 is 0. The fourth-order valence-corrected chi connectivity index (χ4v) is 3.44. The number of amides is 2. The minimum Gasteiger partial charge on any atom is -0.456 e. The van der Waals surface area contributed by atoms with Gasteiger partial charge in [-0.2, -0.15) is 0 Å². The largest absolute Gasteiger partial charge is 0.456 e. The molecule has 2 aromatic rings. The number of carbonyl (C=O) groups is 2. The number of carbonyl (C=O) groups excluding carboxylic acids is 2. The molecule has 0 fully saturated rings. The van der Waals surface area contributed by atoms with E-state index < -0.39 is 0 Å². The molecule has 6 heteroatoms. The Labute approximate surface area is 165 Å². The molecule has 28 heavy (non-hydrogen) atoms. The number of rotatable bonds is 4. The Bertz CT molecular complexity index is 980. The third-order valence-corrected chi connectivity index (χ3v) is 5.55. The number of fused-ring (bicyclic) bond motifs is 1. The van der Waals surface area contributed by atoms with Crippen molar-refractivity contribution in [1.82, 2.24) is 4.98 Å². The Morgan fingerprint density at radius 3 is 2.46 bits per heavy atom. The van der Waals surface area contributed by atoms with Gasteiger partial charge in [-0.1, -0.05) is 13.8 Å². The van der Waals surface area contributed by atoms with Crippen molar-refractivity contribution in [3.63, 3.8) is 0 Å². The lowest BCUT2D eigenvalue weighted by Crippen LogP contribution is -2.21. The van der Waals surface area contributed by atoms with Crippen LogP contribution in [0.15, 0.2) is 12.3 Å². The minimum absolute atomic E-state index is 0.00281. The van der Waals surface area contributed by atoms with Crippen molar-refractivity contribution in [3.05, 3.63) is 40.1 Å². The second kappa shape index (κ2) is 7.26. The van der Waals surface area contributed by atoms with Crippen molar-refractivity contribution in [2.45, 2.75) is 48.0 Å². The zero-order chi connectivity index (χ0) is 20.7. The van der Waals surface area contributed by atoms with Gasteiger partial charge >= 0.3 is 0 Å². The molecular weight excluding hydrogens is 354 g/mol. The molecule has 1 aliphatic heterocycles. The molecular formula is C22H27N3O3. The monoisotopic (exact) mass is 381 g/mol. The molecule has 3 rings (SSSR count). The van der Waals surface area contributed by atoms with Crippen molar-refractivity contribution < 1.29 is 14.3 Å². The van der Waals surface area contributed by atoms with Crippen LogP contribution in [0.4, 0.5) is 11.5 Å². The number of likely N-dealkylation sites (N-methyl/N-ethyl adjacent to an activating group) is 1. The van der Waals surface area contributed by atoms with E-state index in [-0.39, 0.29) is 24.2 Å². The van der Waals surface area contributed by atoms with Gasteiger partial charge in [-0.05, 0) is 50.5 Å². The van der Waals surface area contributed by atoms with Gasteiger partial charge in [0.15, 0.2) is 0 Å². The van der Waals surface area contributed by atoms with E-state index in [1.54, 1.807) is 24.2 Å². The minimum atomic E-state index is -0.116. The SMILES string of the molecule is Cc1c(C)c(NC(=O)C(C)C)c(C)c(Oc2ccnc3c2CC(=O)N3C)c1C. The van der Waals surface area contributed by atoms with Gasteiger partial charge in [-0.25, -0.2) is 4.98 Å². The van der Waals surface area contributed by atoms with Crippen LogP contribution in [0.3, 0.4) is 0 Å². The van der Waals surface area contributed by atoms with Crippen molar-refractivity contribution in [3.8, 4) is 11.5 Å². The van der Waals surface area contributed by atoms with Crippen molar-refractivity contribution in [2.75, 3.05) is 17.3 Å². The summed E-state index contributed by atoms with van der Waals surface area (Å²) in [5.74, 6) is 1.81. The molecule has 2 amide bonds. The molecule has 0 saturated carbocycles. The topological polar surface area (TPSA) is 71.5 Å². The lowest BCUT2D eigenvalue weighted by Gasteiger charge is -2.22. The first-order valence-electron chi connectivity index (χ1n) is 9.47. The molecule has 148 valence electrons. The van der Waals surface area contributed by atoms with Crippen molar-refractivity contribution in [1.29, 1.82) is 0 Å². The Kier molecular flexibility index (Phi) is 5.15. The molecule has 0 aliphatic carbocycles. The average Bonchev–Trinajstić information content (AvgIpc) is 2.95. The molecule has 0 saturated heterocycles. The zero-order valence-corrected chi connectivity index (χ0v) is 17.6. The summed E-state index contributed by atoms with van der Waals surface area (Å²) in [5.41, 5.74) is 5.57. The molecule has 1 aromatic carbocycles. The number of aromatic nitrogens is 1. The third-order valence-electron chi connectivity index (χ3n) is 5.55. The van der Waals surface area contributed by atoms with Crippen LogP contribution in [0.25, 0.3) is 0 Å². The van der Waals surface area contributed by atoms with Crippen molar-refractivity contribution >= 4 is 23.3 Å². The molecule has 0 atom stereocenters. The maximum atomic E-state index is 12.3. The number of benzene rings is 1. The van der Waals surface area contributed by atoms with E-state index in [4.69, 9.17) is 4.74 Å². The molecule has 6 nitrogen and oxygen atoms in total. The van der Waals surface area contributed by atoms with Crippen LogP contribution in [-0.4, -0.2) is 23.8 Å². The summed E-state index contributed by atoms with van der Waals surface area (Å²) in [6, 6.07) is 1.78. The van der Waals surface area contributed by atoms with Crippen LogP contribution in [0, 0.1) is 33.6 Å². The highest BCUT2D eigenvalue weighted by atomic mass is 16.5. The molecule has 0 bridgehead atoms. The second-order valence-corrected chi connectivity index (χ2v) is 7.69. The fraction of sp³-hybridized carbons (Fsp3) is 0.409. The quantitative estimate of drug-likeness (QED) is 0.861. The van der Waals surface area contributed by atoms with Gasteiger partial charge < -0.3 is 10.1 Å². The summed E-state index contributed by atoms with van der Waals surface area (Å²) in [6.45, 7) is 11.7. The average molecular weight is 381 g/mol. The number of ether oxygens (including phenoxy) is 1. The summed E-state index contributed by atoms with van der Waals surface area (Å²) in [7, 11) is 1.72. The van der Waals surface area contributed by atoms with Crippen LogP contribution in [0.1, 0.15) is 41.7 Å².